The molecule has 0 aliphatic carbocycles. The smallest absolute Gasteiger partial charge is 0.272 e. The van der Waals surface area contributed by atoms with Gasteiger partial charge in [0.05, 0.1) is 6.20 Å². The Morgan fingerprint density at radius 3 is 2.96 bits per heavy atom. The van der Waals surface area contributed by atoms with E-state index in [1.807, 2.05) is 30.3 Å². The van der Waals surface area contributed by atoms with Gasteiger partial charge in [-0.2, -0.15) is 5.10 Å². The molecule has 1 atom stereocenters. The van der Waals surface area contributed by atoms with E-state index in [0.717, 1.165) is 11.3 Å². The second-order valence-corrected chi connectivity index (χ2v) is 6.12. The summed E-state index contributed by atoms with van der Waals surface area (Å²) in [6, 6.07) is 10.8. The highest BCUT2D eigenvalue weighted by molar-refractivity contribution is 6.02. The molecule has 136 valence electrons. The van der Waals surface area contributed by atoms with Crippen molar-refractivity contribution >= 4 is 23.3 Å². The summed E-state index contributed by atoms with van der Waals surface area (Å²) in [6.07, 6.45) is 3.52. The lowest BCUT2D eigenvalue weighted by atomic mass is 10.1. The molecule has 1 aliphatic rings. The van der Waals surface area contributed by atoms with Crippen LogP contribution in [0.4, 0.5) is 11.5 Å². The minimum atomic E-state index is -0.763. The molecule has 9 heteroatoms. The number of amides is 2. The molecule has 9 nitrogen and oxygen atoms in total. The zero-order valence-electron chi connectivity index (χ0n) is 14.3. The standard InChI is InChI=1S/C18H17N7O2/c26-17(13-7-12(24-25-13)6-11-4-2-1-3-5-11)23-15-9-20-16-14(22-18(15)27)8-19-10-21-16/h1-5,7-8,10,15H,6,9H2,(H,22,27)(H,23,26)(H,24,25)(H,19,20,21)/t15-/m0/s1. The first-order valence-corrected chi connectivity index (χ1v) is 8.43. The van der Waals surface area contributed by atoms with Crippen LogP contribution in [0.1, 0.15) is 21.7 Å². The Kier molecular flexibility index (Phi) is 4.48. The Morgan fingerprint density at radius 1 is 1.26 bits per heavy atom. The Bertz CT molecular complexity index is 971. The first kappa shape index (κ1) is 16.7. The highest BCUT2D eigenvalue weighted by Crippen LogP contribution is 2.19. The number of fused-ring (bicyclic) bond motifs is 1. The fraction of sp³-hybridized carbons (Fsp3) is 0.167. The predicted molar refractivity (Wildman–Crippen MR) is 98.2 cm³/mol. The van der Waals surface area contributed by atoms with Crippen LogP contribution in [0.15, 0.2) is 48.9 Å². The molecular formula is C18H17N7O2. The van der Waals surface area contributed by atoms with Crippen molar-refractivity contribution in [3.8, 4) is 0 Å². The number of nitrogens with zero attached hydrogens (tertiary/aromatic N) is 3. The summed E-state index contributed by atoms with van der Waals surface area (Å²) < 4.78 is 0. The van der Waals surface area contributed by atoms with Crippen LogP contribution >= 0.6 is 0 Å². The highest BCUT2D eigenvalue weighted by Gasteiger charge is 2.26. The van der Waals surface area contributed by atoms with Crippen molar-refractivity contribution in [3.05, 3.63) is 65.9 Å². The third kappa shape index (κ3) is 3.76. The number of H-pyrrole nitrogens is 1. The third-order valence-corrected chi connectivity index (χ3v) is 4.17. The highest BCUT2D eigenvalue weighted by atomic mass is 16.2. The van der Waals surface area contributed by atoms with Crippen molar-refractivity contribution in [3.63, 3.8) is 0 Å². The van der Waals surface area contributed by atoms with Crippen LogP contribution in [-0.4, -0.2) is 44.6 Å². The number of aromatic amines is 1. The van der Waals surface area contributed by atoms with E-state index in [1.54, 1.807) is 6.07 Å². The molecular weight excluding hydrogens is 346 g/mol. The van der Waals surface area contributed by atoms with Gasteiger partial charge in [0.25, 0.3) is 5.91 Å². The van der Waals surface area contributed by atoms with Crippen LogP contribution in [0.5, 0.6) is 0 Å². The molecule has 1 aromatic carbocycles. The molecule has 4 rings (SSSR count). The lowest BCUT2D eigenvalue weighted by molar-refractivity contribution is -0.117. The van der Waals surface area contributed by atoms with Gasteiger partial charge in [0.1, 0.15) is 23.8 Å². The average Bonchev–Trinajstić information content (AvgIpc) is 3.09. The number of hydrogen-bond acceptors (Lipinski definition) is 6. The summed E-state index contributed by atoms with van der Waals surface area (Å²) in [7, 11) is 0. The molecule has 0 radical (unpaired) electrons. The fourth-order valence-corrected chi connectivity index (χ4v) is 2.81. The SMILES string of the molecule is O=C(N[C@H]1CNc2ncncc2NC1=O)c1cc(Cc2ccccc2)[nH]n1. The zero-order chi connectivity index (χ0) is 18.6. The number of hydrogen-bond donors (Lipinski definition) is 4. The van der Waals surface area contributed by atoms with Gasteiger partial charge in [0, 0.05) is 18.7 Å². The molecule has 27 heavy (non-hydrogen) atoms. The summed E-state index contributed by atoms with van der Waals surface area (Å²) in [5.74, 6) is -0.256. The molecule has 0 unspecified atom stereocenters. The second-order valence-electron chi connectivity index (χ2n) is 6.12. The number of nitrogens with one attached hydrogen (secondary N) is 4. The van der Waals surface area contributed by atoms with Gasteiger partial charge >= 0.3 is 0 Å². The summed E-state index contributed by atoms with van der Waals surface area (Å²) >= 11 is 0. The van der Waals surface area contributed by atoms with Crippen LogP contribution in [0.25, 0.3) is 0 Å². The maximum atomic E-state index is 12.5. The van der Waals surface area contributed by atoms with Crippen molar-refractivity contribution in [2.45, 2.75) is 12.5 Å². The molecule has 0 spiro atoms. The first-order valence-electron chi connectivity index (χ1n) is 8.43. The van der Waals surface area contributed by atoms with E-state index in [-0.39, 0.29) is 18.1 Å². The predicted octanol–water partition coefficient (Wildman–Crippen LogP) is 0.953. The second kappa shape index (κ2) is 7.24. The van der Waals surface area contributed by atoms with Crippen molar-refractivity contribution in [1.82, 2.24) is 25.5 Å². The number of aromatic nitrogens is 4. The molecule has 4 N–H and O–H groups in total. The molecule has 0 saturated carbocycles. The van der Waals surface area contributed by atoms with E-state index < -0.39 is 11.9 Å². The lowest BCUT2D eigenvalue weighted by Crippen LogP contribution is -2.46. The number of carbonyl (C=O) groups is 2. The van der Waals surface area contributed by atoms with Crippen LogP contribution in [0.3, 0.4) is 0 Å². The monoisotopic (exact) mass is 363 g/mol. The maximum Gasteiger partial charge on any atom is 0.272 e. The van der Waals surface area contributed by atoms with Gasteiger partial charge in [-0.05, 0) is 11.6 Å². The Morgan fingerprint density at radius 2 is 2.11 bits per heavy atom. The number of anilines is 2. The van der Waals surface area contributed by atoms with Gasteiger partial charge in [-0.1, -0.05) is 30.3 Å². The minimum absolute atomic E-state index is 0.211. The van der Waals surface area contributed by atoms with Crippen molar-refractivity contribution in [2.75, 3.05) is 17.2 Å². The lowest BCUT2D eigenvalue weighted by Gasteiger charge is -2.14. The largest absolute Gasteiger partial charge is 0.366 e. The van der Waals surface area contributed by atoms with Gasteiger partial charge < -0.3 is 16.0 Å². The van der Waals surface area contributed by atoms with Gasteiger partial charge in [-0.15, -0.1) is 0 Å². The Balaban J connectivity index is 1.41. The topological polar surface area (TPSA) is 125 Å². The molecule has 0 fully saturated rings. The summed E-state index contributed by atoms with van der Waals surface area (Å²) in [5.41, 5.74) is 2.64. The van der Waals surface area contributed by atoms with Crippen molar-refractivity contribution < 1.29 is 9.59 Å². The van der Waals surface area contributed by atoms with Crippen LogP contribution < -0.4 is 16.0 Å². The molecule has 0 saturated heterocycles. The fourth-order valence-electron chi connectivity index (χ4n) is 2.81. The average molecular weight is 363 g/mol. The van der Waals surface area contributed by atoms with Crippen molar-refractivity contribution in [2.24, 2.45) is 0 Å². The molecule has 2 amide bonds. The van der Waals surface area contributed by atoms with Gasteiger partial charge in [0.15, 0.2) is 5.82 Å². The number of carbonyl (C=O) groups excluding carboxylic acids is 2. The van der Waals surface area contributed by atoms with E-state index in [0.29, 0.717) is 17.9 Å². The molecule has 1 aliphatic heterocycles. The van der Waals surface area contributed by atoms with Crippen LogP contribution in [0, 0.1) is 0 Å². The molecule has 2 aromatic heterocycles. The van der Waals surface area contributed by atoms with E-state index in [1.165, 1.54) is 12.5 Å². The normalized spacial score (nSPS) is 15.9. The summed E-state index contributed by atoms with van der Waals surface area (Å²) in [4.78, 5) is 32.8. The van der Waals surface area contributed by atoms with E-state index in [9.17, 15) is 9.59 Å². The summed E-state index contributed by atoms with van der Waals surface area (Å²) in [5, 5.41) is 15.3. The van der Waals surface area contributed by atoms with Crippen LogP contribution in [0.2, 0.25) is 0 Å². The number of rotatable bonds is 4. The Hall–Kier alpha value is -3.75. The van der Waals surface area contributed by atoms with E-state index in [4.69, 9.17) is 0 Å². The first-order chi connectivity index (χ1) is 13.2. The minimum Gasteiger partial charge on any atom is -0.366 e. The molecule has 3 heterocycles. The Labute approximate surface area is 154 Å². The zero-order valence-corrected chi connectivity index (χ0v) is 14.3. The van der Waals surface area contributed by atoms with Crippen molar-refractivity contribution in [1.29, 1.82) is 0 Å². The van der Waals surface area contributed by atoms with Crippen LogP contribution in [-0.2, 0) is 11.2 Å². The van der Waals surface area contributed by atoms with Gasteiger partial charge in [-0.25, -0.2) is 9.97 Å². The van der Waals surface area contributed by atoms with E-state index in [2.05, 4.69) is 36.1 Å². The molecule has 3 aromatic rings. The maximum absolute atomic E-state index is 12.5. The third-order valence-electron chi connectivity index (χ3n) is 4.17. The summed E-state index contributed by atoms with van der Waals surface area (Å²) in [6.45, 7) is 0.211. The van der Waals surface area contributed by atoms with Gasteiger partial charge in [-0.3, -0.25) is 14.7 Å². The van der Waals surface area contributed by atoms with E-state index >= 15 is 0 Å². The quantitative estimate of drug-likeness (QED) is 0.547. The molecule has 0 bridgehead atoms. The number of benzene rings is 1. The van der Waals surface area contributed by atoms with Gasteiger partial charge in [0.2, 0.25) is 5.91 Å².